The van der Waals surface area contributed by atoms with Gasteiger partial charge in [-0.15, -0.1) is 0 Å². The molecule has 26 heavy (non-hydrogen) atoms. The van der Waals surface area contributed by atoms with Crippen LogP contribution in [0.1, 0.15) is 31.1 Å². The molecule has 9 heteroatoms. The molecule has 1 N–H and O–H groups in total. The van der Waals surface area contributed by atoms with Gasteiger partial charge in [0.2, 0.25) is 5.91 Å². The van der Waals surface area contributed by atoms with Crippen LogP contribution in [-0.4, -0.2) is 52.4 Å². The van der Waals surface area contributed by atoms with Gasteiger partial charge in [0.15, 0.2) is 5.78 Å². The molecular weight excluding hydrogens is 345 g/mol. The predicted molar refractivity (Wildman–Crippen MR) is 88.7 cm³/mol. The summed E-state index contributed by atoms with van der Waals surface area (Å²) in [5.41, 5.74) is -0.187. The SMILES string of the molecule is CC(=O)Nc1ccc(C(=O)CN2C(=O)C(=O)N(CC(C)C)C2=O)c(F)c1. The van der Waals surface area contributed by atoms with E-state index in [4.69, 9.17) is 0 Å². The number of imide groups is 2. The second kappa shape index (κ2) is 7.42. The topological polar surface area (TPSA) is 104 Å². The average molecular weight is 363 g/mol. The Hall–Kier alpha value is -3.10. The summed E-state index contributed by atoms with van der Waals surface area (Å²) in [6, 6.07) is 2.53. The lowest BCUT2D eigenvalue weighted by molar-refractivity contribution is -0.143. The summed E-state index contributed by atoms with van der Waals surface area (Å²) >= 11 is 0. The van der Waals surface area contributed by atoms with Gasteiger partial charge in [-0.2, -0.15) is 0 Å². The minimum Gasteiger partial charge on any atom is -0.326 e. The Kier molecular flexibility index (Phi) is 5.49. The highest BCUT2D eigenvalue weighted by molar-refractivity contribution is 6.45. The second-order valence-corrected chi connectivity index (χ2v) is 6.28. The van der Waals surface area contributed by atoms with Gasteiger partial charge in [0, 0.05) is 19.2 Å². The highest BCUT2D eigenvalue weighted by Crippen LogP contribution is 2.18. The molecule has 1 heterocycles. The number of hydrogen-bond donors (Lipinski definition) is 1. The molecule has 8 nitrogen and oxygen atoms in total. The van der Waals surface area contributed by atoms with Crippen LogP contribution >= 0.6 is 0 Å². The van der Waals surface area contributed by atoms with Crippen molar-refractivity contribution in [3.63, 3.8) is 0 Å². The Morgan fingerprint density at radius 1 is 1.12 bits per heavy atom. The molecule has 1 aromatic rings. The van der Waals surface area contributed by atoms with Gasteiger partial charge >= 0.3 is 17.8 Å². The highest BCUT2D eigenvalue weighted by atomic mass is 19.1. The largest absolute Gasteiger partial charge is 0.334 e. The van der Waals surface area contributed by atoms with E-state index in [9.17, 15) is 28.4 Å². The minimum absolute atomic E-state index is 0.0495. The van der Waals surface area contributed by atoms with Crippen LogP contribution in [0.2, 0.25) is 0 Å². The summed E-state index contributed by atoms with van der Waals surface area (Å²) in [6.45, 7) is 4.10. The number of anilines is 1. The number of nitrogens with zero attached hydrogens (tertiary/aromatic N) is 2. The van der Waals surface area contributed by atoms with Crippen molar-refractivity contribution in [2.45, 2.75) is 20.8 Å². The molecule has 138 valence electrons. The van der Waals surface area contributed by atoms with Crippen LogP contribution < -0.4 is 5.32 Å². The number of hydrogen-bond acceptors (Lipinski definition) is 5. The molecule has 1 saturated heterocycles. The number of amides is 5. The minimum atomic E-state index is -1.11. The lowest BCUT2D eigenvalue weighted by atomic mass is 10.1. The number of urea groups is 1. The maximum atomic E-state index is 14.1. The summed E-state index contributed by atoms with van der Waals surface area (Å²) in [6.07, 6.45) is 0. The number of carbonyl (C=O) groups is 5. The van der Waals surface area contributed by atoms with Crippen molar-refractivity contribution < 1.29 is 28.4 Å². The molecular formula is C17H18FN3O5. The molecule has 2 rings (SSSR count). The lowest BCUT2D eigenvalue weighted by Crippen LogP contribution is -2.38. The fourth-order valence-corrected chi connectivity index (χ4v) is 2.47. The van der Waals surface area contributed by atoms with Crippen molar-refractivity contribution in [3.8, 4) is 0 Å². The molecule has 0 aliphatic carbocycles. The first-order valence-electron chi connectivity index (χ1n) is 7.89. The van der Waals surface area contributed by atoms with Crippen molar-refractivity contribution >= 4 is 35.2 Å². The first-order valence-corrected chi connectivity index (χ1v) is 7.89. The van der Waals surface area contributed by atoms with Gasteiger partial charge in [0.25, 0.3) is 0 Å². The van der Waals surface area contributed by atoms with Crippen LogP contribution in [-0.2, 0) is 14.4 Å². The fourth-order valence-electron chi connectivity index (χ4n) is 2.47. The molecule has 0 aromatic heterocycles. The Bertz CT molecular complexity index is 806. The summed E-state index contributed by atoms with van der Waals surface area (Å²) in [4.78, 5) is 60.6. The zero-order chi connectivity index (χ0) is 19.6. The fraction of sp³-hybridized carbons (Fsp3) is 0.353. The van der Waals surface area contributed by atoms with E-state index in [1.54, 1.807) is 13.8 Å². The number of benzene rings is 1. The van der Waals surface area contributed by atoms with Gasteiger partial charge < -0.3 is 5.32 Å². The number of halogens is 1. The molecule has 0 saturated carbocycles. The van der Waals surface area contributed by atoms with Crippen LogP contribution in [0, 0.1) is 11.7 Å². The zero-order valence-electron chi connectivity index (χ0n) is 14.5. The van der Waals surface area contributed by atoms with Crippen molar-refractivity contribution in [3.05, 3.63) is 29.6 Å². The Morgan fingerprint density at radius 2 is 1.73 bits per heavy atom. The van der Waals surface area contributed by atoms with Crippen LogP contribution in [0.15, 0.2) is 18.2 Å². The van der Waals surface area contributed by atoms with Gasteiger partial charge in [-0.05, 0) is 24.1 Å². The van der Waals surface area contributed by atoms with Crippen LogP contribution in [0.3, 0.4) is 0 Å². The first-order chi connectivity index (χ1) is 12.1. The van der Waals surface area contributed by atoms with Crippen LogP contribution in [0.4, 0.5) is 14.9 Å². The van der Waals surface area contributed by atoms with E-state index in [2.05, 4.69) is 5.32 Å². The second-order valence-electron chi connectivity index (χ2n) is 6.28. The van der Waals surface area contributed by atoms with Crippen molar-refractivity contribution in [1.29, 1.82) is 0 Å². The number of nitrogens with one attached hydrogen (secondary N) is 1. The van der Waals surface area contributed by atoms with Crippen LogP contribution in [0.25, 0.3) is 0 Å². The van der Waals surface area contributed by atoms with E-state index in [0.29, 0.717) is 4.90 Å². The molecule has 0 unspecified atom stereocenters. The molecule has 1 aliphatic rings. The van der Waals surface area contributed by atoms with E-state index >= 15 is 0 Å². The molecule has 0 atom stereocenters. The number of rotatable bonds is 6. The third-order valence-electron chi connectivity index (χ3n) is 3.57. The highest BCUT2D eigenvalue weighted by Gasteiger charge is 2.45. The molecule has 0 bridgehead atoms. The van der Waals surface area contributed by atoms with Crippen molar-refractivity contribution in [2.24, 2.45) is 5.92 Å². The average Bonchev–Trinajstić information content (AvgIpc) is 2.72. The maximum Gasteiger partial charge on any atom is 0.334 e. The van der Waals surface area contributed by atoms with Crippen LogP contribution in [0.5, 0.6) is 0 Å². The summed E-state index contributed by atoms with van der Waals surface area (Å²) in [7, 11) is 0. The molecule has 0 spiro atoms. The number of Topliss-reactive ketones (excluding diaryl/α,β-unsaturated/α-hetero) is 1. The van der Waals surface area contributed by atoms with Gasteiger partial charge in [-0.1, -0.05) is 13.8 Å². The third-order valence-corrected chi connectivity index (χ3v) is 3.57. The van der Waals surface area contributed by atoms with E-state index in [0.717, 1.165) is 17.0 Å². The molecule has 0 radical (unpaired) electrons. The van der Waals surface area contributed by atoms with E-state index in [1.165, 1.54) is 13.0 Å². The van der Waals surface area contributed by atoms with Gasteiger partial charge in [-0.25, -0.2) is 14.1 Å². The quantitative estimate of drug-likeness (QED) is 0.468. The molecule has 5 amide bonds. The first kappa shape index (κ1) is 19.2. The van der Waals surface area contributed by atoms with E-state index in [-0.39, 0.29) is 23.7 Å². The maximum absolute atomic E-state index is 14.1. The van der Waals surface area contributed by atoms with E-state index in [1.807, 2.05) is 0 Å². The number of carbonyl (C=O) groups excluding carboxylic acids is 5. The monoisotopic (exact) mass is 363 g/mol. The summed E-state index contributed by atoms with van der Waals surface area (Å²) in [5.74, 6) is -4.31. The smallest absolute Gasteiger partial charge is 0.326 e. The Morgan fingerprint density at radius 3 is 2.27 bits per heavy atom. The van der Waals surface area contributed by atoms with Gasteiger partial charge in [-0.3, -0.25) is 24.1 Å². The van der Waals surface area contributed by atoms with Crippen molar-refractivity contribution in [2.75, 3.05) is 18.4 Å². The van der Waals surface area contributed by atoms with Gasteiger partial charge in [0.1, 0.15) is 5.82 Å². The van der Waals surface area contributed by atoms with Gasteiger partial charge in [0.05, 0.1) is 12.1 Å². The van der Waals surface area contributed by atoms with Crippen molar-refractivity contribution in [1.82, 2.24) is 9.80 Å². The summed E-state index contributed by atoms with van der Waals surface area (Å²) in [5, 5.41) is 2.37. The zero-order valence-corrected chi connectivity index (χ0v) is 14.5. The third kappa shape index (κ3) is 3.93. The number of ketones is 1. The Labute approximate surface area is 148 Å². The summed E-state index contributed by atoms with van der Waals surface area (Å²) < 4.78 is 14.1. The normalized spacial score (nSPS) is 14.4. The standard InChI is InChI=1S/C17H18FN3O5/c1-9(2)7-20-15(24)16(25)21(17(20)26)8-14(23)12-5-4-11(6-13(12)18)19-10(3)22/h4-6,9H,7-8H2,1-3H3,(H,19,22). The Balaban J connectivity index is 2.17. The lowest BCUT2D eigenvalue weighted by Gasteiger charge is -2.16. The predicted octanol–water partition coefficient (Wildman–Crippen LogP) is 1.41. The van der Waals surface area contributed by atoms with E-state index < -0.39 is 41.9 Å². The molecule has 1 aromatic carbocycles. The molecule has 1 aliphatic heterocycles. The molecule has 1 fully saturated rings.